The Morgan fingerprint density at radius 2 is 1.04 bits per heavy atom. The van der Waals surface area contributed by atoms with Gasteiger partial charge in [0.15, 0.2) is 0 Å². The van der Waals surface area contributed by atoms with Gasteiger partial charge in [-0.25, -0.2) is 0 Å². The van der Waals surface area contributed by atoms with Gasteiger partial charge in [0.1, 0.15) is 11.5 Å². The molecule has 6 nitrogen and oxygen atoms in total. The highest BCUT2D eigenvalue weighted by atomic mass is 16.5. The summed E-state index contributed by atoms with van der Waals surface area (Å²) in [5.41, 5.74) is 0.196. The molecule has 0 saturated heterocycles. The molecule has 2 aromatic rings. The van der Waals surface area contributed by atoms with Crippen LogP contribution < -0.4 is 19.7 Å². The quantitative estimate of drug-likeness (QED) is 0.648. The molecule has 0 heterocycles. The van der Waals surface area contributed by atoms with E-state index in [4.69, 9.17) is 9.47 Å². The van der Waals surface area contributed by atoms with Crippen LogP contribution >= 0.6 is 0 Å². The Balaban J connectivity index is 1.69. The molecule has 0 aliphatic rings. The predicted octanol–water partition coefficient (Wildman–Crippen LogP) is 0.261. The maximum atomic E-state index is 10.6. The molecule has 0 N–H and O–H groups in total. The van der Waals surface area contributed by atoms with Crippen LogP contribution in [-0.2, 0) is 0 Å². The molecule has 0 spiro atoms. The van der Waals surface area contributed by atoms with Crippen LogP contribution in [0.25, 0.3) is 0 Å². The third kappa shape index (κ3) is 5.03. The van der Waals surface area contributed by atoms with E-state index in [0.29, 0.717) is 31.1 Å². The molecule has 0 aromatic heterocycles. The van der Waals surface area contributed by atoms with Gasteiger partial charge in [0, 0.05) is 6.42 Å². The summed E-state index contributed by atoms with van der Waals surface area (Å²) in [7, 11) is 0. The van der Waals surface area contributed by atoms with E-state index in [-0.39, 0.29) is 11.1 Å². The van der Waals surface area contributed by atoms with E-state index in [0.717, 1.165) is 0 Å². The first-order valence-corrected chi connectivity index (χ1v) is 6.94. The fourth-order valence-electron chi connectivity index (χ4n) is 1.81. The average molecular weight is 314 g/mol. The lowest BCUT2D eigenvalue weighted by atomic mass is 10.2. The van der Waals surface area contributed by atoms with Crippen molar-refractivity contribution >= 4 is 11.9 Å². The summed E-state index contributed by atoms with van der Waals surface area (Å²) in [6.07, 6.45) is 0.616. The highest BCUT2D eigenvalue weighted by Crippen LogP contribution is 2.13. The number of rotatable bonds is 8. The van der Waals surface area contributed by atoms with Gasteiger partial charge in [0.25, 0.3) is 0 Å². The summed E-state index contributed by atoms with van der Waals surface area (Å²) >= 11 is 0. The van der Waals surface area contributed by atoms with Gasteiger partial charge < -0.3 is 29.3 Å². The van der Waals surface area contributed by atoms with Crippen molar-refractivity contribution in [2.75, 3.05) is 13.2 Å². The lowest BCUT2D eigenvalue weighted by molar-refractivity contribution is -0.256. The van der Waals surface area contributed by atoms with E-state index < -0.39 is 11.9 Å². The first-order chi connectivity index (χ1) is 11.1. The summed E-state index contributed by atoms with van der Waals surface area (Å²) in [5.74, 6) is -1.33. The molecule has 2 aromatic carbocycles. The third-order valence-electron chi connectivity index (χ3n) is 3.01. The van der Waals surface area contributed by atoms with Crippen molar-refractivity contribution in [3.63, 3.8) is 0 Å². The Bertz CT molecular complexity index is 601. The van der Waals surface area contributed by atoms with Crippen LogP contribution in [0.3, 0.4) is 0 Å². The summed E-state index contributed by atoms with van der Waals surface area (Å²) in [5, 5.41) is 21.2. The van der Waals surface area contributed by atoms with Gasteiger partial charge in [0.2, 0.25) is 0 Å². The molecule has 0 fully saturated rings. The number of ether oxygens (including phenoxy) is 2. The first-order valence-electron chi connectivity index (χ1n) is 6.94. The van der Waals surface area contributed by atoms with Crippen LogP contribution in [0.4, 0.5) is 0 Å². The molecule has 2 rings (SSSR count). The van der Waals surface area contributed by atoms with E-state index >= 15 is 0 Å². The maximum Gasteiger partial charge on any atom is 0.119 e. The van der Waals surface area contributed by atoms with Gasteiger partial charge in [-0.3, -0.25) is 0 Å². The van der Waals surface area contributed by atoms with Crippen LogP contribution in [0.15, 0.2) is 48.5 Å². The highest BCUT2D eigenvalue weighted by molar-refractivity contribution is 5.86. The molecule has 0 amide bonds. The Morgan fingerprint density at radius 1 is 0.696 bits per heavy atom. The second-order valence-corrected chi connectivity index (χ2v) is 4.67. The number of carbonyl (C=O) groups excluding carboxylic acids is 2. The average Bonchev–Trinajstić information content (AvgIpc) is 2.55. The van der Waals surface area contributed by atoms with Gasteiger partial charge in [-0.1, -0.05) is 0 Å². The Morgan fingerprint density at radius 3 is 1.35 bits per heavy atom. The van der Waals surface area contributed by atoms with Crippen molar-refractivity contribution < 1.29 is 29.3 Å². The van der Waals surface area contributed by atoms with E-state index in [9.17, 15) is 19.8 Å². The van der Waals surface area contributed by atoms with Crippen LogP contribution in [0.1, 0.15) is 27.1 Å². The Hall–Kier alpha value is -3.02. The summed E-state index contributed by atoms with van der Waals surface area (Å²) in [4.78, 5) is 21.2. The van der Waals surface area contributed by atoms with Crippen LogP contribution in [0.5, 0.6) is 11.5 Å². The van der Waals surface area contributed by atoms with Gasteiger partial charge in [0.05, 0.1) is 25.2 Å². The zero-order chi connectivity index (χ0) is 16.7. The molecule has 0 atom stereocenters. The lowest BCUT2D eigenvalue weighted by Crippen LogP contribution is -2.21. The second kappa shape index (κ2) is 7.84. The maximum absolute atomic E-state index is 10.6. The largest absolute Gasteiger partial charge is 0.545 e. The van der Waals surface area contributed by atoms with E-state index in [1.807, 2.05) is 0 Å². The van der Waals surface area contributed by atoms with E-state index in [1.54, 1.807) is 24.3 Å². The number of hydrogen-bond donors (Lipinski definition) is 0. The van der Waals surface area contributed by atoms with Crippen molar-refractivity contribution in [1.29, 1.82) is 0 Å². The molecule has 0 aliphatic carbocycles. The standard InChI is InChI=1S/C17H16O6/c18-16(19)12-2-6-14(7-3-12)22-10-1-11-23-15-8-4-13(5-9-15)17(20)21/h2-9H,1,10-11H2,(H,18,19)(H,20,21)/p-2. The van der Waals surface area contributed by atoms with Crippen molar-refractivity contribution in [3.8, 4) is 11.5 Å². The fraction of sp³-hybridized carbons (Fsp3) is 0.176. The molecular weight excluding hydrogens is 300 g/mol. The first kappa shape index (κ1) is 16.4. The highest BCUT2D eigenvalue weighted by Gasteiger charge is 1.98. The zero-order valence-corrected chi connectivity index (χ0v) is 12.2. The number of aromatic carboxylic acids is 2. The Labute approximate surface area is 132 Å². The molecule has 6 heteroatoms. The minimum atomic E-state index is -1.23. The van der Waals surface area contributed by atoms with Crippen molar-refractivity contribution in [3.05, 3.63) is 59.7 Å². The van der Waals surface area contributed by atoms with Gasteiger partial charge in [-0.05, 0) is 59.7 Å². The Kier molecular flexibility index (Phi) is 5.57. The smallest absolute Gasteiger partial charge is 0.119 e. The minimum Gasteiger partial charge on any atom is -0.545 e. The molecule has 0 unspecified atom stereocenters. The number of hydrogen-bond acceptors (Lipinski definition) is 6. The van der Waals surface area contributed by atoms with Crippen molar-refractivity contribution in [2.45, 2.75) is 6.42 Å². The fourth-order valence-corrected chi connectivity index (χ4v) is 1.81. The molecule has 0 radical (unpaired) electrons. The monoisotopic (exact) mass is 314 g/mol. The molecule has 120 valence electrons. The molecule has 0 aliphatic heterocycles. The van der Waals surface area contributed by atoms with Crippen LogP contribution in [0.2, 0.25) is 0 Å². The van der Waals surface area contributed by atoms with Crippen molar-refractivity contribution in [2.24, 2.45) is 0 Å². The normalized spacial score (nSPS) is 10.1. The number of benzene rings is 2. The van der Waals surface area contributed by atoms with Crippen LogP contribution in [-0.4, -0.2) is 25.2 Å². The second-order valence-electron chi connectivity index (χ2n) is 4.67. The van der Waals surface area contributed by atoms with E-state index in [1.165, 1.54) is 24.3 Å². The summed E-state index contributed by atoms with van der Waals surface area (Å²) < 4.78 is 10.9. The van der Waals surface area contributed by atoms with Crippen LogP contribution in [0, 0.1) is 0 Å². The van der Waals surface area contributed by atoms with Gasteiger partial charge in [-0.2, -0.15) is 0 Å². The predicted molar refractivity (Wildman–Crippen MR) is 77.2 cm³/mol. The number of carboxylic acids is 2. The minimum absolute atomic E-state index is 0.0979. The molecular formula is C17H14O6-2. The molecule has 0 saturated carbocycles. The SMILES string of the molecule is O=C([O-])c1ccc(OCCCOc2ccc(C(=O)[O-])cc2)cc1. The third-order valence-corrected chi connectivity index (χ3v) is 3.01. The van der Waals surface area contributed by atoms with Crippen molar-refractivity contribution in [1.82, 2.24) is 0 Å². The van der Waals surface area contributed by atoms with E-state index in [2.05, 4.69) is 0 Å². The summed E-state index contributed by atoms with van der Waals surface area (Å²) in [6, 6.07) is 11.9. The number of carboxylic acid groups (broad SMARTS) is 2. The topological polar surface area (TPSA) is 98.7 Å². The number of carbonyl (C=O) groups is 2. The molecule has 0 bridgehead atoms. The van der Waals surface area contributed by atoms with Gasteiger partial charge >= 0.3 is 0 Å². The molecule has 23 heavy (non-hydrogen) atoms. The summed E-state index contributed by atoms with van der Waals surface area (Å²) in [6.45, 7) is 0.809. The zero-order valence-electron chi connectivity index (χ0n) is 12.2. The van der Waals surface area contributed by atoms with Gasteiger partial charge in [-0.15, -0.1) is 0 Å². The lowest BCUT2D eigenvalue weighted by Gasteiger charge is -2.09.